The SMILES string of the molecule is Cc1cc2c(n1Cc1sccc1Br)CCCC2O. The summed E-state index contributed by atoms with van der Waals surface area (Å²) in [6, 6.07) is 4.25. The number of rotatable bonds is 2. The van der Waals surface area contributed by atoms with Crippen LogP contribution in [0.2, 0.25) is 0 Å². The van der Waals surface area contributed by atoms with Crippen molar-refractivity contribution in [3.8, 4) is 0 Å². The highest BCUT2D eigenvalue weighted by molar-refractivity contribution is 9.10. The first-order valence-corrected chi connectivity index (χ1v) is 7.93. The lowest BCUT2D eigenvalue weighted by atomic mass is 9.95. The van der Waals surface area contributed by atoms with Crippen LogP contribution in [0.15, 0.2) is 22.0 Å². The maximum Gasteiger partial charge on any atom is 0.0807 e. The minimum absolute atomic E-state index is 0.263. The van der Waals surface area contributed by atoms with Crippen LogP contribution in [0.25, 0.3) is 0 Å². The van der Waals surface area contributed by atoms with Gasteiger partial charge in [0, 0.05) is 26.3 Å². The van der Waals surface area contributed by atoms with E-state index < -0.39 is 0 Å². The van der Waals surface area contributed by atoms with Gasteiger partial charge in [-0.1, -0.05) is 0 Å². The van der Waals surface area contributed by atoms with Gasteiger partial charge in [0.15, 0.2) is 0 Å². The number of thiophene rings is 1. The monoisotopic (exact) mass is 325 g/mol. The molecule has 0 saturated carbocycles. The van der Waals surface area contributed by atoms with E-state index in [4.69, 9.17) is 0 Å². The highest BCUT2D eigenvalue weighted by atomic mass is 79.9. The molecule has 1 aliphatic rings. The second-order valence-corrected chi connectivity index (χ2v) is 6.73. The van der Waals surface area contributed by atoms with Crippen molar-refractivity contribution in [1.82, 2.24) is 4.57 Å². The molecule has 1 unspecified atom stereocenters. The first kappa shape index (κ1) is 12.5. The summed E-state index contributed by atoms with van der Waals surface area (Å²) in [5.74, 6) is 0. The summed E-state index contributed by atoms with van der Waals surface area (Å²) in [6.45, 7) is 3.04. The standard InChI is InChI=1S/C14H16BrNOS/c1-9-7-10-12(3-2-4-13(10)17)16(9)8-14-11(15)5-6-18-14/h5-7,13,17H,2-4,8H2,1H3. The molecule has 1 atom stereocenters. The Hall–Kier alpha value is -0.580. The zero-order valence-corrected chi connectivity index (χ0v) is 12.7. The van der Waals surface area contributed by atoms with E-state index in [1.165, 1.54) is 20.7 Å². The fraction of sp³-hybridized carbons (Fsp3) is 0.429. The summed E-state index contributed by atoms with van der Waals surface area (Å²) in [5.41, 5.74) is 3.72. The highest BCUT2D eigenvalue weighted by Crippen LogP contribution is 2.33. The van der Waals surface area contributed by atoms with Gasteiger partial charge >= 0.3 is 0 Å². The second-order valence-electron chi connectivity index (χ2n) is 4.87. The number of halogens is 1. The zero-order chi connectivity index (χ0) is 12.7. The van der Waals surface area contributed by atoms with Crippen LogP contribution >= 0.6 is 27.3 Å². The normalized spacial score (nSPS) is 18.9. The third-order valence-corrected chi connectivity index (χ3v) is 5.60. The molecule has 4 heteroatoms. The maximum absolute atomic E-state index is 10.1. The molecule has 0 aromatic carbocycles. The van der Waals surface area contributed by atoms with E-state index in [2.05, 4.69) is 44.9 Å². The molecule has 18 heavy (non-hydrogen) atoms. The van der Waals surface area contributed by atoms with Crippen molar-refractivity contribution < 1.29 is 5.11 Å². The van der Waals surface area contributed by atoms with Gasteiger partial charge in [-0.15, -0.1) is 11.3 Å². The molecule has 2 nitrogen and oxygen atoms in total. The molecule has 0 aliphatic heterocycles. The first-order valence-electron chi connectivity index (χ1n) is 6.25. The van der Waals surface area contributed by atoms with Gasteiger partial charge in [0.1, 0.15) is 0 Å². The maximum atomic E-state index is 10.1. The van der Waals surface area contributed by atoms with E-state index in [9.17, 15) is 5.11 Å². The number of nitrogens with zero attached hydrogens (tertiary/aromatic N) is 1. The quantitative estimate of drug-likeness (QED) is 0.885. The van der Waals surface area contributed by atoms with E-state index in [1.807, 2.05) is 0 Å². The van der Waals surface area contributed by atoms with Crippen molar-refractivity contribution in [1.29, 1.82) is 0 Å². The topological polar surface area (TPSA) is 25.2 Å². The van der Waals surface area contributed by atoms with Crippen molar-refractivity contribution in [2.24, 2.45) is 0 Å². The predicted molar refractivity (Wildman–Crippen MR) is 78.2 cm³/mol. The summed E-state index contributed by atoms with van der Waals surface area (Å²) in [7, 11) is 0. The molecule has 96 valence electrons. The fourth-order valence-electron chi connectivity index (χ4n) is 2.74. The van der Waals surface area contributed by atoms with E-state index in [1.54, 1.807) is 11.3 Å². The Morgan fingerprint density at radius 2 is 2.39 bits per heavy atom. The number of aliphatic hydroxyl groups excluding tert-OH is 1. The lowest BCUT2D eigenvalue weighted by molar-refractivity contribution is 0.156. The van der Waals surface area contributed by atoms with Gasteiger partial charge in [0.25, 0.3) is 0 Å². The molecule has 0 saturated heterocycles. The number of aromatic nitrogens is 1. The Balaban J connectivity index is 2.00. The van der Waals surface area contributed by atoms with Crippen LogP contribution in [-0.4, -0.2) is 9.67 Å². The lowest BCUT2D eigenvalue weighted by Crippen LogP contribution is -2.12. The van der Waals surface area contributed by atoms with Gasteiger partial charge in [-0.05, 0) is 59.6 Å². The van der Waals surface area contributed by atoms with Crippen LogP contribution in [-0.2, 0) is 13.0 Å². The summed E-state index contributed by atoms with van der Waals surface area (Å²) in [5, 5.41) is 12.2. The molecule has 1 N–H and O–H groups in total. The third-order valence-electron chi connectivity index (χ3n) is 3.69. The summed E-state index contributed by atoms with van der Waals surface area (Å²) < 4.78 is 3.54. The Kier molecular flexibility index (Phi) is 3.34. The van der Waals surface area contributed by atoms with E-state index in [-0.39, 0.29) is 6.10 Å². The van der Waals surface area contributed by atoms with Crippen molar-refractivity contribution in [2.45, 2.75) is 38.8 Å². The lowest BCUT2D eigenvalue weighted by Gasteiger charge is -2.20. The molecular weight excluding hydrogens is 310 g/mol. The molecule has 2 aromatic heterocycles. The van der Waals surface area contributed by atoms with Gasteiger partial charge in [-0.25, -0.2) is 0 Å². The molecular formula is C14H16BrNOS. The van der Waals surface area contributed by atoms with Crippen molar-refractivity contribution in [2.75, 3.05) is 0 Å². The number of fused-ring (bicyclic) bond motifs is 1. The van der Waals surface area contributed by atoms with E-state index in [0.717, 1.165) is 31.4 Å². The zero-order valence-electron chi connectivity index (χ0n) is 10.3. The van der Waals surface area contributed by atoms with Crippen LogP contribution in [0.5, 0.6) is 0 Å². The smallest absolute Gasteiger partial charge is 0.0807 e. The Morgan fingerprint density at radius 1 is 1.56 bits per heavy atom. The molecule has 3 rings (SSSR count). The van der Waals surface area contributed by atoms with Crippen LogP contribution in [0.4, 0.5) is 0 Å². The predicted octanol–water partition coefficient (Wildman–Crippen LogP) is 4.04. The first-order chi connectivity index (χ1) is 8.66. The molecule has 1 aliphatic carbocycles. The molecule has 2 aromatic rings. The summed E-state index contributed by atoms with van der Waals surface area (Å²) >= 11 is 5.37. The van der Waals surface area contributed by atoms with E-state index in [0.29, 0.717) is 0 Å². The largest absolute Gasteiger partial charge is 0.388 e. The van der Waals surface area contributed by atoms with Crippen molar-refractivity contribution in [3.63, 3.8) is 0 Å². The fourth-order valence-corrected chi connectivity index (χ4v) is 4.21. The highest BCUT2D eigenvalue weighted by Gasteiger charge is 2.23. The Morgan fingerprint density at radius 3 is 3.11 bits per heavy atom. The number of hydrogen-bond donors (Lipinski definition) is 1. The second kappa shape index (κ2) is 4.83. The van der Waals surface area contributed by atoms with Crippen LogP contribution in [0.1, 0.15) is 40.8 Å². The van der Waals surface area contributed by atoms with Gasteiger partial charge in [0.05, 0.1) is 12.6 Å². The van der Waals surface area contributed by atoms with Crippen molar-refractivity contribution in [3.05, 3.63) is 43.8 Å². The van der Waals surface area contributed by atoms with Gasteiger partial charge in [-0.2, -0.15) is 0 Å². The Bertz CT molecular complexity index is 572. The third kappa shape index (κ3) is 2.06. The number of aryl methyl sites for hydroxylation is 1. The molecule has 0 bridgehead atoms. The number of aliphatic hydroxyl groups is 1. The average molecular weight is 326 g/mol. The van der Waals surface area contributed by atoms with Crippen LogP contribution in [0.3, 0.4) is 0 Å². The minimum Gasteiger partial charge on any atom is -0.388 e. The molecule has 0 fully saturated rings. The summed E-state index contributed by atoms with van der Waals surface area (Å²) in [6.07, 6.45) is 2.81. The van der Waals surface area contributed by atoms with Gasteiger partial charge < -0.3 is 9.67 Å². The summed E-state index contributed by atoms with van der Waals surface area (Å²) in [4.78, 5) is 1.34. The van der Waals surface area contributed by atoms with E-state index >= 15 is 0 Å². The molecule has 2 heterocycles. The van der Waals surface area contributed by atoms with Crippen molar-refractivity contribution >= 4 is 27.3 Å². The minimum atomic E-state index is -0.263. The van der Waals surface area contributed by atoms with Crippen LogP contribution < -0.4 is 0 Å². The molecule has 0 radical (unpaired) electrons. The van der Waals surface area contributed by atoms with Gasteiger partial charge in [0.2, 0.25) is 0 Å². The average Bonchev–Trinajstić information content (AvgIpc) is 2.87. The molecule has 0 spiro atoms. The number of hydrogen-bond acceptors (Lipinski definition) is 2. The van der Waals surface area contributed by atoms with Gasteiger partial charge in [-0.3, -0.25) is 0 Å². The molecule has 0 amide bonds. The Labute approximate surface area is 119 Å². The van der Waals surface area contributed by atoms with Crippen LogP contribution in [0, 0.1) is 6.92 Å².